The van der Waals surface area contributed by atoms with E-state index in [9.17, 15) is 19.5 Å². The van der Waals surface area contributed by atoms with Crippen molar-refractivity contribution in [2.24, 2.45) is 46.3 Å². The average molecular weight is 775 g/mol. The normalized spacial score (nSPS) is 28.5. The van der Waals surface area contributed by atoms with Gasteiger partial charge in [0, 0.05) is 23.8 Å². The molecule has 8 atom stereocenters. The maximum absolute atomic E-state index is 13.0. The first-order valence-corrected chi connectivity index (χ1v) is 21.8. The Morgan fingerprint density at radius 2 is 1.48 bits per heavy atom. The second kappa shape index (κ2) is 19.7. The Balaban J connectivity index is 1.32. The number of aromatic carboxylic acids is 1. The monoisotopic (exact) mass is 775 g/mol. The van der Waals surface area contributed by atoms with Crippen LogP contribution in [0.25, 0.3) is 0 Å². The molecular weight excluding hydrogens is 705 g/mol. The predicted molar refractivity (Wildman–Crippen MR) is 221 cm³/mol. The lowest BCUT2D eigenvalue weighted by atomic mass is 9.46. The van der Waals surface area contributed by atoms with E-state index in [0.29, 0.717) is 61.7 Å². The third kappa shape index (κ3) is 10.1. The number of carbonyl (C=O) groups excluding carboxylic acids is 2. The van der Waals surface area contributed by atoms with Crippen LogP contribution in [-0.2, 0) is 19.1 Å². The molecule has 5 rings (SSSR count). The second-order valence-electron chi connectivity index (χ2n) is 18.3. The van der Waals surface area contributed by atoms with E-state index in [0.717, 1.165) is 73.0 Å². The summed E-state index contributed by atoms with van der Waals surface area (Å²) in [6.07, 6.45) is 20.7. The molecule has 4 aliphatic rings. The van der Waals surface area contributed by atoms with Crippen LogP contribution >= 0.6 is 0 Å². The Morgan fingerprint density at radius 1 is 0.821 bits per heavy atom. The molecule has 8 nitrogen and oxygen atoms in total. The van der Waals surface area contributed by atoms with Crippen LogP contribution in [0.2, 0.25) is 0 Å². The summed E-state index contributed by atoms with van der Waals surface area (Å²) in [5, 5.41) is 10.6. The van der Waals surface area contributed by atoms with Crippen LogP contribution in [0, 0.1) is 46.3 Å². The van der Waals surface area contributed by atoms with Gasteiger partial charge >= 0.3 is 17.9 Å². The average Bonchev–Trinajstić information content (AvgIpc) is 3.53. The fraction of sp³-hybridized carbons (Fsp3) is 0.688. The smallest absolute Gasteiger partial charge is 0.336 e. The number of allylic oxidation sites excluding steroid dienone is 2. The molecule has 310 valence electrons. The van der Waals surface area contributed by atoms with Gasteiger partial charge in [-0.2, -0.15) is 0 Å². The fourth-order valence-electron chi connectivity index (χ4n) is 11.6. The maximum Gasteiger partial charge on any atom is 0.336 e. The van der Waals surface area contributed by atoms with Crippen molar-refractivity contribution in [2.45, 2.75) is 137 Å². The van der Waals surface area contributed by atoms with Crippen molar-refractivity contribution in [2.75, 3.05) is 26.4 Å². The highest BCUT2D eigenvalue weighted by atomic mass is 16.5. The molecule has 8 heteroatoms. The number of carbonyl (C=O) groups is 3. The molecule has 3 saturated carbocycles. The number of benzene rings is 1. The Morgan fingerprint density at radius 3 is 2.12 bits per heavy atom. The van der Waals surface area contributed by atoms with Gasteiger partial charge in [0.2, 0.25) is 0 Å². The molecule has 1 N–H and O–H groups in total. The summed E-state index contributed by atoms with van der Waals surface area (Å²) >= 11 is 0. The lowest BCUT2D eigenvalue weighted by molar-refractivity contribution is -0.138. The number of ether oxygens (including phenoxy) is 4. The molecule has 1 aromatic rings. The van der Waals surface area contributed by atoms with E-state index in [4.69, 9.17) is 18.9 Å². The van der Waals surface area contributed by atoms with Crippen molar-refractivity contribution in [1.29, 1.82) is 0 Å². The summed E-state index contributed by atoms with van der Waals surface area (Å²) in [6.45, 7) is 20.5. The van der Waals surface area contributed by atoms with Crippen molar-refractivity contribution < 1.29 is 38.4 Å². The quantitative estimate of drug-likeness (QED) is 0.0569. The van der Waals surface area contributed by atoms with Crippen LogP contribution < -0.4 is 9.47 Å². The molecule has 0 heterocycles. The number of carboxylic acid groups (broad SMARTS) is 1. The van der Waals surface area contributed by atoms with Crippen molar-refractivity contribution in [3.05, 3.63) is 60.2 Å². The molecule has 0 amide bonds. The van der Waals surface area contributed by atoms with E-state index < -0.39 is 17.9 Å². The van der Waals surface area contributed by atoms with Crippen LogP contribution in [0.3, 0.4) is 0 Å². The van der Waals surface area contributed by atoms with E-state index in [1.165, 1.54) is 50.5 Å². The van der Waals surface area contributed by atoms with Gasteiger partial charge in [0.1, 0.15) is 11.5 Å². The first kappa shape index (κ1) is 43.6. The summed E-state index contributed by atoms with van der Waals surface area (Å²) in [5.41, 5.74) is 3.07. The summed E-state index contributed by atoms with van der Waals surface area (Å²) in [4.78, 5) is 35.8. The number of unbranched alkanes of at least 4 members (excludes halogenated alkanes) is 2. The number of fused-ring (bicyclic) bond motifs is 5. The fourth-order valence-corrected chi connectivity index (χ4v) is 11.6. The van der Waals surface area contributed by atoms with Gasteiger partial charge in [-0.1, -0.05) is 78.7 Å². The van der Waals surface area contributed by atoms with E-state index in [1.54, 1.807) is 6.07 Å². The molecule has 0 aliphatic heterocycles. The summed E-state index contributed by atoms with van der Waals surface area (Å²) < 4.78 is 22.7. The minimum atomic E-state index is -0.991. The Kier molecular flexibility index (Phi) is 15.4. The van der Waals surface area contributed by atoms with Crippen molar-refractivity contribution in [3.63, 3.8) is 0 Å². The highest BCUT2D eigenvalue weighted by Gasteiger charge is 2.59. The molecule has 3 fully saturated rings. The Hall–Kier alpha value is -3.55. The first-order chi connectivity index (χ1) is 26.8. The van der Waals surface area contributed by atoms with Crippen molar-refractivity contribution in [1.82, 2.24) is 0 Å². The molecule has 56 heavy (non-hydrogen) atoms. The lowest BCUT2D eigenvalue weighted by Crippen LogP contribution is -2.50. The highest BCUT2D eigenvalue weighted by Crippen LogP contribution is 2.68. The van der Waals surface area contributed by atoms with Crippen LogP contribution in [0.4, 0.5) is 0 Å². The van der Waals surface area contributed by atoms with E-state index in [2.05, 4.69) is 53.9 Å². The van der Waals surface area contributed by atoms with Crippen molar-refractivity contribution >= 4 is 17.9 Å². The number of hydrogen-bond donors (Lipinski definition) is 1. The molecule has 1 aromatic carbocycles. The molecule has 0 unspecified atom stereocenters. The third-order valence-corrected chi connectivity index (χ3v) is 14.5. The molecule has 0 aromatic heterocycles. The lowest BCUT2D eigenvalue weighted by Gasteiger charge is -2.58. The molecule has 0 bridgehead atoms. The second-order valence-corrected chi connectivity index (χ2v) is 18.3. The maximum atomic E-state index is 13.0. The first-order valence-electron chi connectivity index (χ1n) is 21.8. The number of hydrogen-bond acceptors (Lipinski definition) is 7. The topological polar surface area (TPSA) is 108 Å². The molecule has 0 spiro atoms. The van der Waals surface area contributed by atoms with Crippen LogP contribution in [0.15, 0.2) is 49.1 Å². The van der Waals surface area contributed by atoms with Gasteiger partial charge in [0.15, 0.2) is 0 Å². The van der Waals surface area contributed by atoms with Crippen molar-refractivity contribution in [3.8, 4) is 11.5 Å². The predicted octanol–water partition coefficient (Wildman–Crippen LogP) is 11.3. The zero-order chi connectivity index (χ0) is 40.5. The minimum absolute atomic E-state index is 0.0190. The van der Waals surface area contributed by atoms with Crippen LogP contribution in [0.5, 0.6) is 11.5 Å². The Labute approximate surface area is 336 Å². The van der Waals surface area contributed by atoms with Gasteiger partial charge in [0.05, 0.1) is 32.0 Å². The number of rotatable bonds is 21. The SMILES string of the molecule is C=CC(=O)OCCCCOc1cc(OCCCCOC(=O)C=C)c([C@H]2CC[C@@]3(C)C(=CC[C@H]4[C@@H]5CC[C@H]([C@H](C)CCCC(C)C)[C@@]5(C)CC[C@@H]43)C2)c(C(=O)O)c1. The van der Waals surface area contributed by atoms with E-state index >= 15 is 0 Å². The van der Waals surface area contributed by atoms with E-state index in [-0.39, 0.29) is 30.1 Å². The summed E-state index contributed by atoms with van der Waals surface area (Å²) in [7, 11) is 0. The van der Waals surface area contributed by atoms with Gasteiger partial charge in [-0.3, -0.25) is 0 Å². The summed E-state index contributed by atoms with van der Waals surface area (Å²) in [6, 6.07) is 3.50. The zero-order valence-electron chi connectivity index (χ0n) is 35.1. The number of carboxylic acids is 1. The summed E-state index contributed by atoms with van der Waals surface area (Å²) in [5.74, 6) is 3.73. The van der Waals surface area contributed by atoms with E-state index in [1.807, 2.05) is 6.07 Å². The highest BCUT2D eigenvalue weighted by molar-refractivity contribution is 5.91. The van der Waals surface area contributed by atoms with Gasteiger partial charge < -0.3 is 24.1 Å². The van der Waals surface area contributed by atoms with Crippen LogP contribution in [-0.4, -0.2) is 49.4 Å². The number of esters is 2. The molecular formula is C48H70O8. The van der Waals surface area contributed by atoms with Gasteiger partial charge in [-0.15, -0.1) is 0 Å². The standard InChI is InChI=1S/C48H70O8/c1-8-43(49)55-27-12-10-25-53-36-30-38(46(51)52)45(42(31-36)54-26-11-13-28-56-44(50)9-2)34-21-23-47(6)35(29-34)17-18-37-40-20-19-39(33(5)16-14-15-32(3)4)48(40,7)24-22-41(37)47/h8-9,17,30-34,37,39-41H,1-2,10-16,18-29H2,3-7H3,(H,51,52)/t33-,34+,37+,39-,40+,41+,47+,48-/m1/s1. The van der Waals surface area contributed by atoms with Gasteiger partial charge in [-0.05, 0) is 135 Å². The van der Waals surface area contributed by atoms with Gasteiger partial charge in [0.25, 0.3) is 0 Å². The largest absolute Gasteiger partial charge is 0.493 e. The minimum Gasteiger partial charge on any atom is -0.493 e. The Bertz CT molecular complexity index is 1580. The molecule has 0 saturated heterocycles. The van der Waals surface area contributed by atoms with Gasteiger partial charge in [-0.25, -0.2) is 14.4 Å². The third-order valence-electron chi connectivity index (χ3n) is 14.5. The van der Waals surface area contributed by atoms with Crippen LogP contribution in [0.1, 0.15) is 153 Å². The zero-order valence-corrected chi connectivity index (χ0v) is 35.1. The molecule has 0 radical (unpaired) electrons. The molecule has 4 aliphatic carbocycles.